The molecule has 0 radical (unpaired) electrons. The second kappa shape index (κ2) is 65.9. The summed E-state index contributed by atoms with van der Waals surface area (Å²) in [7, 11) is 0. The first-order valence-corrected chi connectivity index (χ1v) is 35.0. The van der Waals surface area contributed by atoms with Gasteiger partial charge in [-0.15, -0.1) is 0 Å². The third-order valence-electron chi connectivity index (χ3n) is 16.4. The van der Waals surface area contributed by atoms with Gasteiger partial charge in [0.05, 0.1) is 0 Å². The van der Waals surface area contributed by atoms with Crippen molar-refractivity contribution in [2.24, 2.45) is 0 Å². The van der Waals surface area contributed by atoms with Crippen LogP contribution in [0.3, 0.4) is 0 Å². The summed E-state index contributed by atoms with van der Waals surface area (Å²) in [6.07, 6.45) is 77.6. The van der Waals surface area contributed by atoms with Gasteiger partial charge in [-0.25, -0.2) is 0 Å². The predicted molar refractivity (Wildman–Crippen MR) is 330 cm³/mol. The van der Waals surface area contributed by atoms with Crippen molar-refractivity contribution in [3.8, 4) is 0 Å². The Labute approximate surface area is 476 Å². The van der Waals surface area contributed by atoms with E-state index < -0.39 is 6.10 Å². The minimum absolute atomic E-state index is 0.0617. The average Bonchev–Trinajstić information content (AvgIpc) is 3.42. The lowest BCUT2D eigenvalue weighted by Crippen LogP contribution is -2.30. The second-order valence-electron chi connectivity index (χ2n) is 24.2. The van der Waals surface area contributed by atoms with E-state index in [0.29, 0.717) is 19.3 Å². The summed E-state index contributed by atoms with van der Waals surface area (Å²) in [6, 6.07) is 0. The number of hydrogen-bond acceptors (Lipinski definition) is 6. The number of unbranched alkanes of at least 4 members (excludes halogenated alkanes) is 55. The van der Waals surface area contributed by atoms with Crippen LogP contribution in [-0.4, -0.2) is 37.2 Å². The van der Waals surface area contributed by atoms with Crippen LogP contribution < -0.4 is 0 Å². The fraction of sp³-hybridized carbons (Fsp3) is 0.957. The summed E-state index contributed by atoms with van der Waals surface area (Å²) >= 11 is 0. The quantitative estimate of drug-likeness (QED) is 0.0343. The molecule has 0 rings (SSSR count). The molecule has 0 bridgehead atoms. The van der Waals surface area contributed by atoms with Gasteiger partial charge in [0.1, 0.15) is 13.2 Å². The van der Waals surface area contributed by atoms with Crippen LogP contribution in [0.25, 0.3) is 0 Å². The molecule has 452 valence electrons. The first-order chi connectivity index (χ1) is 37.5. The first kappa shape index (κ1) is 74.4. The summed E-state index contributed by atoms with van der Waals surface area (Å²) in [5, 5.41) is 0. The van der Waals surface area contributed by atoms with Gasteiger partial charge >= 0.3 is 17.9 Å². The van der Waals surface area contributed by atoms with Gasteiger partial charge in [-0.05, 0) is 19.3 Å². The number of carbonyl (C=O) groups is 3. The normalized spacial score (nSPS) is 11.9. The number of hydrogen-bond donors (Lipinski definition) is 0. The van der Waals surface area contributed by atoms with Gasteiger partial charge in [0.25, 0.3) is 0 Å². The molecule has 0 fully saturated rings. The van der Waals surface area contributed by atoms with Crippen molar-refractivity contribution in [3.05, 3.63) is 0 Å². The smallest absolute Gasteiger partial charge is 0.306 e. The SMILES string of the molecule is CCCCCCCCCCCCCCCCCCCCCCCCCCCCC(=O)OCC(COC(=O)CCCCCCCC)OC(=O)CCCCCCCCCCCCCCCCCCCCCCCCCCCC. The average molecular weight is 1070 g/mol. The zero-order valence-electron chi connectivity index (χ0n) is 52.1. The highest BCUT2D eigenvalue weighted by molar-refractivity contribution is 5.71. The van der Waals surface area contributed by atoms with Crippen molar-refractivity contribution in [1.82, 2.24) is 0 Å². The van der Waals surface area contributed by atoms with E-state index in [-0.39, 0.29) is 31.1 Å². The highest BCUT2D eigenvalue weighted by Gasteiger charge is 2.19. The lowest BCUT2D eigenvalue weighted by molar-refractivity contribution is -0.167. The molecule has 0 aliphatic carbocycles. The van der Waals surface area contributed by atoms with Gasteiger partial charge in [-0.3, -0.25) is 14.4 Å². The lowest BCUT2D eigenvalue weighted by atomic mass is 10.0. The first-order valence-electron chi connectivity index (χ1n) is 35.0. The van der Waals surface area contributed by atoms with Crippen LogP contribution in [0.5, 0.6) is 0 Å². The lowest BCUT2D eigenvalue weighted by Gasteiger charge is -2.18. The Kier molecular flexibility index (Phi) is 64.5. The van der Waals surface area contributed by atoms with E-state index in [1.54, 1.807) is 0 Å². The summed E-state index contributed by atoms with van der Waals surface area (Å²) in [5.41, 5.74) is 0. The van der Waals surface area contributed by atoms with E-state index in [1.165, 1.54) is 315 Å². The maximum Gasteiger partial charge on any atom is 0.306 e. The molecular weight excluding hydrogens is 937 g/mol. The van der Waals surface area contributed by atoms with Crippen LogP contribution in [0.15, 0.2) is 0 Å². The molecule has 6 nitrogen and oxygen atoms in total. The molecule has 76 heavy (non-hydrogen) atoms. The molecule has 0 aliphatic heterocycles. The minimum Gasteiger partial charge on any atom is -0.462 e. The molecule has 1 unspecified atom stereocenters. The van der Waals surface area contributed by atoms with Gasteiger partial charge in [0, 0.05) is 19.3 Å². The Balaban J connectivity index is 3.95. The van der Waals surface area contributed by atoms with Gasteiger partial charge in [0.2, 0.25) is 0 Å². The maximum absolute atomic E-state index is 12.9. The summed E-state index contributed by atoms with van der Waals surface area (Å²) in [6.45, 7) is 6.67. The molecule has 0 heterocycles. The van der Waals surface area contributed by atoms with Crippen LogP contribution in [0.4, 0.5) is 0 Å². The van der Waals surface area contributed by atoms with Crippen molar-refractivity contribution in [2.75, 3.05) is 13.2 Å². The Morgan fingerprint density at radius 1 is 0.211 bits per heavy atom. The van der Waals surface area contributed by atoms with Crippen molar-refractivity contribution < 1.29 is 28.6 Å². The van der Waals surface area contributed by atoms with E-state index in [2.05, 4.69) is 20.8 Å². The second-order valence-corrected chi connectivity index (χ2v) is 24.2. The number of esters is 3. The third kappa shape index (κ3) is 63.2. The Morgan fingerprint density at radius 2 is 0.355 bits per heavy atom. The van der Waals surface area contributed by atoms with Gasteiger partial charge < -0.3 is 14.2 Å². The van der Waals surface area contributed by atoms with Crippen LogP contribution in [0, 0.1) is 0 Å². The molecule has 0 aliphatic rings. The fourth-order valence-electron chi connectivity index (χ4n) is 11.1. The minimum atomic E-state index is -0.761. The van der Waals surface area contributed by atoms with Crippen LogP contribution >= 0.6 is 0 Å². The summed E-state index contributed by atoms with van der Waals surface area (Å²) in [5.74, 6) is -0.837. The molecule has 0 amide bonds. The molecular formula is C70H136O6. The third-order valence-corrected chi connectivity index (χ3v) is 16.4. The Morgan fingerprint density at radius 3 is 0.526 bits per heavy atom. The predicted octanol–water partition coefficient (Wildman–Crippen LogP) is 23.8. The van der Waals surface area contributed by atoms with Crippen molar-refractivity contribution in [1.29, 1.82) is 0 Å². The number of carbonyl (C=O) groups excluding carboxylic acids is 3. The highest BCUT2D eigenvalue weighted by atomic mass is 16.6. The Hall–Kier alpha value is -1.59. The molecule has 6 heteroatoms. The number of ether oxygens (including phenoxy) is 3. The van der Waals surface area contributed by atoms with Crippen LogP contribution in [-0.2, 0) is 28.6 Å². The van der Waals surface area contributed by atoms with Crippen molar-refractivity contribution in [3.63, 3.8) is 0 Å². The van der Waals surface area contributed by atoms with Crippen LogP contribution in [0.1, 0.15) is 412 Å². The molecule has 1 atom stereocenters. The van der Waals surface area contributed by atoms with Crippen molar-refractivity contribution >= 4 is 17.9 Å². The summed E-state index contributed by atoms with van der Waals surface area (Å²) < 4.78 is 16.9. The number of rotatable bonds is 66. The molecule has 0 aromatic rings. The fourth-order valence-corrected chi connectivity index (χ4v) is 11.1. The molecule has 0 spiro atoms. The van der Waals surface area contributed by atoms with E-state index in [0.717, 1.165) is 57.8 Å². The zero-order chi connectivity index (χ0) is 55.0. The van der Waals surface area contributed by atoms with E-state index in [4.69, 9.17) is 14.2 Å². The summed E-state index contributed by atoms with van der Waals surface area (Å²) in [4.78, 5) is 38.1. The van der Waals surface area contributed by atoms with Gasteiger partial charge in [-0.1, -0.05) is 374 Å². The van der Waals surface area contributed by atoms with E-state index in [1.807, 2.05) is 0 Å². The largest absolute Gasteiger partial charge is 0.462 e. The molecule has 0 aromatic heterocycles. The molecule has 0 aromatic carbocycles. The zero-order valence-corrected chi connectivity index (χ0v) is 52.1. The van der Waals surface area contributed by atoms with Gasteiger partial charge in [-0.2, -0.15) is 0 Å². The standard InChI is InChI=1S/C70H136O6/c1-4-7-10-13-16-18-20-22-24-26-28-30-32-34-36-38-40-42-44-46-48-50-52-54-57-60-63-69(72)75-66-67(65-74-68(71)62-59-56-15-12-9-6-3)76-70(73)64-61-58-55-53-51-49-47-45-43-41-39-37-35-33-31-29-27-25-23-21-19-17-14-11-8-5-2/h67H,4-66H2,1-3H3. The highest BCUT2D eigenvalue weighted by Crippen LogP contribution is 2.19. The Bertz CT molecular complexity index is 1140. The van der Waals surface area contributed by atoms with E-state index in [9.17, 15) is 14.4 Å². The molecule has 0 saturated carbocycles. The topological polar surface area (TPSA) is 78.9 Å². The van der Waals surface area contributed by atoms with Gasteiger partial charge in [0.15, 0.2) is 6.10 Å². The molecule has 0 saturated heterocycles. The monoisotopic (exact) mass is 1070 g/mol. The van der Waals surface area contributed by atoms with E-state index >= 15 is 0 Å². The molecule has 0 N–H and O–H groups in total. The van der Waals surface area contributed by atoms with Crippen LogP contribution in [0.2, 0.25) is 0 Å². The maximum atomic E-state index is 12.9. The van der Waals surface area contributed by atoms with Crippen molar-refractivity contribution in [2.45, 2.75) is 419 Å².